The van der Waals surface area contributed by atoms with Crippen molar-refractivity contribution in [2.45, 2.75) is 0 Å². The lowest BCUT2D eigenvalue weighted by molar-refractivity contribution is 0.671. The molecule has 0 saturated heterocycles. The number of furan rings is 1. The van der Waals surface area contributed by atoms with Gasteiger partial charge in [-0.05, 0) is 65.7 Å². The first-order valence-corrected chi connectivity index (χ1v) is 21.2. The smallest absolute Gasteiger partial charge is 0.164 e. The maximum Gasteiger partial charge on any atom is 0.164 e. The van der Waals surface area contributed by atoms with E-state index in [2.05, 4.69) is 161 Å². The number of benzene rings is 9. The van der Waals surface area contributed by atoms with Crippen LogP contribution >= 0.6 is 0 Å². The number of nitrogens with zero attached hydrogens (tertiary/aromatic N) is 5. The lowest BCUT2D eigenvalue weighted by atomic mass is 10.0. The maximum atomic E-state index is 6.96. The standard InChI is InChI=1S/C57H35N5O/c1-5-15-36(16-6-1)39-25-28-44-43-23-13-14-24-49(43)61(50(44)33-39)42-27-32-52-48(35-42)47-31-30-46-45-29-26-40(34-51(45)62(53(46)54(47)63-52)41-21-11-4-12-22-41)57-59-55(37-17-7-2-8-18-37)58-56(60-57)38-19-9-3-10-20-38/h1-35H. The molecule has 63 heavy (non-hydrogen) atoms. The monoisotopic (exact) mass is 805 g/mol. The average molecular weight is 806 g/mol. The van der Waals surface area contributed by atoms with Gasteiger partial charge in [0.05, 0.1) is 22.1 Å². The van der Waals surface area contributed by atoms with Crippen molar-refractivity contribution in [1.29, 1.82) is 0 Å². The van der Waals surface area contributed by atoms with Crippen LogP contribution in [0, 0.1) is 0 Å². The fourth-order valence-corrected chi connectivity index (χ4v) is 9.44. The molecule has 0 fully saturated rings. The van der Waals surface area contributed by atoms with E-state index in [-0.39, 0.29) is 0 Å². The minimum Gasteiger partial charge on any atom is -0.454 e. The summed E-state index contributed by atoms with van der Waals surface area (Å²) in [6, 6.07) is 74.4. The molecule has 13 rings (SSSR count). The SMILES string of the molecule is c1ccc(-c2ccc3c4ccccc4n(-c4ccc5oc6c(ccc7c8ccc(-c9nc(-c%10ccccc%10)nc(-c%10ccccc%10)n9)cc8n(-c8ccccc8)c76)c5c4)c3c2)cc1. The van der Waals surface area contributed by atoms with Crippen LogP contribution in [-0.2, 0) is 0 Å². The Morgan fingerprint density at radius 2 is 0.810 bits per heavy atom. The van der Waals surface area contributed by atoms with E-state index in [4.69, 9.17) is 19.4 Å². The van der Waals surface area contributed by atoms with Gasteiger partial charge in [-0.15, -0.1) is 0 Å². The molecule has 0 aliphatic rings. The molecule has 0 N–H and O–H groups in total. The molecule has 13 aromatic rings. The van der Waals surface area contributed by atoms with Gasteiger partial charge in [0.15, 0.2) is 23.1 Å². The van der Waals surface area contributed by atoms with Crippen LogP contribution in [0.25, 0.3) is 122 Å². The molecule has 9 aromatic carbocycles. The summed E-state index contributed by atoms with van der Waals surface area (Å²) in [5, 5.41) is 6.78. The molecule has 0 radical (unpaired) electrons. The highest BCUT2D eigenvalue weighted by molar-refractivity contribution is 6.22. The molecule has 6 heteroatoms. The molecule has 4 aromatic heterocycles. The molecule has 0 atom stereocenters. The Bertz CT molecular complexity index is 3830. The molecule has 0 amide bonds. The van der Waals surface area contributed by atoms with Crippen LogP contribution in [0.2, 0.25) is 0 Å². The quantitative estimate of drug-likeness (QED) is 0.168. The van der Waals surface area contributed by atoms with Crippen molar-refractivity contribution in [3.05, 3.63) is 212 Å². The fourth-order valence-electron chi connectivity index (χ4n) is 9.44. The minimum absolute atomic E-state index is 0.608. The third kappa shape index (κ3) is 5.62. The van der Waals surface area contributed by atoms with E-state index in [1.165, 1.54) is 21.9 Å². The second-order valence-electron chi connectivity index (χ2n) is 16.0. The van der Waals surface area contributed by atoms with Gasteiger partial charge in [0.2, 0.25) is 0 Å². The van der Waals surface area contributed by atoms with Crippen LogP contribution < -0.4 is 0 Å². The number of para-hydroxylation sites is 2. The van der Waals surface area contributed by atoms with E-state index in [1.54, 1.807) is 0 Å². The lowest BCUT2D eigenvalue weighted by Crippen LogP contribution is -2.00. The topological polar surface area (TPSA) is 61.7 Å². The van der Waals surface area contributed by atoms with E-state index < -0.39 is 0 Å². The highest BCUT2D eigenvalue weighted by Gasteiger charge is 2.22. The van der Waals surface area contributed by atoms with Gasteiger partial charge in [-0.2, -0.15) is 0 Å². The van der Waals surface area contributed by atoms with Crippen LogP contribution in [0.4, 0.5) is 0 Å². The molecule has 0 bridgehead atoms. The van der Waals surface area contributed by atoms with Crippen LogP contribution in [0.5, 0.6) is 0 Å². The van der Waals surface area contributed by atoms with Crippen LogP contribution in [0.15, 0.2) is 217 Å². The molecular weight excluding hydrogens is 771 g/mol. The molecule has 0 aliphatic carbocycles. The van der Waals surface area contributed by atoms with E-state index in [9.17, 15) is 0 Å². The van der Waals surface area contributed by atoms with Crippen molar-refractivity contribution >= 4 is 65.6 Å². The largest absolute Gasteiger partial charge is 0.454 e. The zero-order valence-corrected chi connectivity index (χ0v) is 33.9. The van der Waals surface area contributed by atoms with Crippen molar-refractivity contribution in [2.24, 2.45) is 0 Å². The first-order valence-electron chi connectivity index (χ1n) is 21.2. The maximum absolute atomic E-state index is 6.96. The van der Waals surface area contributed by atoms with Crippen molar-refractivity contribution in [3.63, 3.8) is 0 Å². The normalized spacial score (nSPS) is 11.8. The predicted octanol–water partition coefficient (Wildman–Crippen LogP) is 14.6. The summed E-state index contributed by atoms with van der Waals surface area (Å²) in [4.78, 5) is 15.1. The number of hydrogen-bond donors (Lipinski definition) is 0. The van der Waals surface area contributed by atoms with Gasteiger partial charge in [0.25, 0.3) is 0 Å². The van der Waals surface area contributed by atoms with Crippen molar-refractivity contribution < 1.29 is 4.42 Å². The Kier molecular flexibility index (Phi) is 7.80. The lowest BCUT2D eigenvalue weighted by Gasteiger charge is -2.10. The Hall–Kier alpha value is -8.61. The predicted molar refractivity (Wildman–Crippen MR) is 258 cm³/mol. The highest BCUT2D eigenvalue weighted by atomic mass is 16.3. The van der Waals surface area contributed by atoms with Gasteiger partial charge in [-0.25, -0.2) is 15.0 Å². The first-order chi connectivity index (χ1) is 31.2. The molecule has 0 unspecified atom stereocenters. The zero-order chi connectivity index (χ0) is 41.4. The molecule has 6 nitrogen and oxygen atoms in total. The Labute approximate surface area is 361 Å². The third-order valence-electron chi connectivity index (χ3n) is 12.4. The number of rotatable bonds is 6. The average Bonchev–Trinajstić information content (AvgIpc) is 4.02. The van der Waals surface area contributed by atoms with Crippen molar-refractivity contribution in [1.82, 2.24) is 24.1 Å². The summed E-state index contributed by atoms with van der Waals surface area (Å²) in [5.74, 6) is 1.87. The first kappa shape index (κ1) is 35.2. The summed E-state index contributed by atoms with van der Waals surface area (Å²) >= 11 is 0. The summed E-state index contributed by atoms with van der Waals surface area (Å²) in [5.41, 5.74) is 13.3. The van der Waals surface area contributed by atoms with Crippen LogP contribution in [-0.4, -0.2) is 24.1 Å². The summed E-state index contributed by atoms with van der Waals surface area (Å²) < 4.78 is 11.7. The molecule has 4 heterocycles. The van der Waals surface area contributed by atoms with Gasteiger partial charge in [0, 0.05) is 60.4 Å². The molecule has 0 spiro atoms. The molecule has 0 aliphatic heterocycles. The van der Waals surface area contributed by atoms with Gasteiger partial charge >= 0.3 is 0 Å². The summed E-state index contributed by atoms with van der Waals surface area (Å²) in [7, 11) is 0. The summed E-state index contributed by atoms with van der Waals surface area (Å²) in [6.07, 6.45) is 0. The van der Waals surface area contributed by atoms with Crippen LogP contribution in [0.1, 0.15) is 0 Å². The Balaban J connectivity index is 1.03. The molecular formula is C57H35N5O. The van der Waals surface area contributed by atoms with Crippen molar-refractivity contribution in [3.8, 4) is 56.7 Å². The van der Waals surface area contributed by atoms with Crippen molar-refractivity contribution in [2.75, 3.05) is 0 Å². The Morgan fingerprint density at radius 3 is 1.51 bits per heavy atom. The van der Waals surface area contributed by atoms with Gasteiger partial charge in [-0.1, -0.05) is 158 Å². The van der Waals surface area contributed by atoms with E-state index in [1.807, 2.05) is 60.7 Å². The molecule has 0 saturated carbocycles. The fraction of sp³-hybridized carbons (Fsp3) is 0. The van der Waals surface area contributed by atoms with Crippen LogP contribution in [0.3, 0.4) is 0 Å². The second-order valence-corrected chi connectivity index (χ2v) is 16.0. The van der Waals surface area contributed by atoms with Gasteiger partial charge in [0.1, 0.15) is 5.58 Å². The van der Waals surface area contributed by atoms with Gasteiger partial charge in [-0.3, -0.25) is 0 Å². The van der Waals surface area contributed by atoms with Gasteiger partial charge < -0.3 is 13.6 Å². The Morgan fingerprint density at radius 1 is 0.302 bits per heavy atom. The number of aromatic nitrogens is 5. The molecule has 294 valence electrons. The zero-order valence-electron chi connectivity index (χ0n) is 33.9. The summed E-state index contributed by atoms with van der Waals surface area (Å²) in [6.45, 7) is 0. The second kappa shape index (κ2) is 14.0. The number of fused-ring (bicyclic) bond motifs is 10. The third-order valence-corrected chi connectivity index (χ3v) is 12.4. The van der Waals surface area contributed by atoms with E-state index in [0.29, 0.717) is 17.5 Å². The highest BCUT2D eigenvalue weighted by Crippen LogP contribution is 2.43. The van der Waals surface area contributed by atoms with E-state index in [0.717, 1.165) is 82.8 Å². The van der Waals surface area contributed by atoms with E-state index >= 15 is 0 Å². The number of hydrogen-bond acceptors (Lipinski definition) is 4. The minimum atomic E-state index is 0.608.